The SMILES string of the molecule is CN1C(=O)C(NC(=S)NCCc2ccc(S(N)(=O)=O)cc2)N=C(c2ccccc2)c2cc(Cl)ccc21. The van der Waals surface area contributed by atoms with Crippen molar-refractivity contribution in [1.82, 2.24) is 10.6 Å². The van der Waals surface area contributed by atoms with Gasteiger partial charge in [-0.3, -0.25) is 4.79 Å². The predicted octanol–water partition coefficient (Wildman–Crippen LogP) is 2.83. The van der Waals surface area contributed by atoms with Crippen LogP contribution in [0.15, 0.2) is 82.7 Å². The summed E-state index contributed by atoms with van der Waals surface area (Å²) < 4.78 is 22.8. The van der Waals surface area contributed by atoms with Gasteiger partial charge in [0, 0.05) is 29.7 Å². The molecule has 186 valence electrons. The molecule has 1 aliphatic heterocycles. The van der Waals surface area contributed by atoms with Crippen molar-refractivity contribution in [1.29, 1.82) is 0 Å². The number of primary sulfonamides is 1. The maximum Gasteiger partial charge on any atom is 0.272 e. The molecule has 0 spiro atoms. The first kappa shape index (κ1) is 25.8. The van der Waals surface area contributed by atoms with E-state index in [1.807, 2.05) is 30.3 Å². The number of nitrogens with one attached hydrogen (secondary N) is 2. The van der Waals surface area contributed by atoms with Gasteiger partial charge in [-0.05, 0) is 54.5 Å². The molecule has 0 radical (unpaired) electrons. The van der Waals surface area contributed by atoms with E-state index >= 15 is 0 Å². The Kier molecular flexibility index (Phi) is 7.70. The lowest BCUT2D eigenvalue weighted by Gasteiger charge is -2.22. The van der Waals surface area contributed by atoms with Crippen molar-refractivity contribution in [2.45, 2.75) is 17.5 Å². The predicted molar refractivity (Wildman–Crippen MR) is 146 cm³/mol. The molecule has 0 saturated carbocycles. The number of thiocarbonyl (C=S) groups is 1. The van der Waals surface area contributed by atoms with Crippen molar-refractivity contribution >= 4 is 56.3 Å². The molecule has 36 heavy (non-hydrogen) atoms. The Morgan fingerprint density at radius 3 is 2.47 bits per heavy atom. The molecule has 1 atom stereocenters. The third-order valence-corrected chi connectivity index (χ3v) is 7.09. The number of carbonyl (C=O) groups is 1. The molecule has 8 nitrogen and oxygen atoms in total. The van der Waals surface area contributed by atoms with Crippen molar-refractivity contribution < 1.29 is 13.2 Å². The van der Waals surface area contributed by atoms with E-state index in [-0.39, 0.29) is 15.9 Å². The fraction of sp³-hybridized carbons (Fsp3) is 0.160. The van der Waals surface area contributed by atoms with Crippen LogP contribution in [0.1, 0.15) is 16.7 Å². The Balaban J connectivity index is 1.50. The molecule has 0 aromatic heterocycles. The van der Waals surface area contributed by atoms with E-state index in [0.29, 0.717) is 29.4 Å². The van der Waals surface area contributed by atoms with Crippen LogP contribution in [0.4, 0.5) is 5.69 Å². The molecule has 0 fully saturated rings. The number of anilines is 1. The Morgan fingerprint density at radius 2 is 1.81 bits per heavy atom. The number of hydrogen-bond acceptors (Lipinski definition) is 5. The van der Waals surface area contributed by atoms with Crippen LogP contribution in [-0.4, -0.2) is 44.9 Å². The van der Waals surface area contributed by atoms with Gasteiger partial charge in [0.2, 0.25) is 16.2 Å². The summed E-state index contributed by atoms with van der Waals surface area (Å²) in [6.45, 7) is 0.461. The van der Waals surface area contributed by atoms with E-state index in [1.165, 1.54) is 12.1 Å². The molecule has 11 heteroatoms. The van der Waals surface area contributed by atoms with Gasteiger partial charge in [-0.1, -0.05) is 54.1 Å². The fourth-order valence-corrected chi connectivity index (χ4v) is 4.71. The summed E-state index contributed by atoms with van der Waals surface area (Å²) in [5.74, 6) is -0.271. The quantitative estimate of drug-likeness (QED) is 0.413. The molecule has 1 heterocycles. The smallest absolute Gasteiger partial charge is 0.272 e. The van der Waals surface area contributed by atoms with Crippen LogP contribution in [0.25, 0.3) is 0 Å². The zero-order chi connectivity index (χ0) is 25.9. The number of hydrogen-bond donors (Lipinski definition) is 3. The molecule has 3 aromatic carbocycles. The van der Waals surface area contributed by atoms with E-state index in [2.05, 4.69) is 10.6 Å². The molecule has 4 rings (SSSR count). The molecule has 1 amide bonds. The third kappa shape index (κ3) is 5.90. The maximum absolute atomic E-state index is 13.3. The number of halogens is 1. The minimum Gasteiger partial charge on any atom is -0.362 e. The lowest BCUT2D eigenvalue weighted by Crippen LogP contribution is -2.49. The Morgan fingerprint density at radius 1 is 1.11 bits per heavy atom. The van der Waals surface area contributed by atoms with E-state index in [1.54, 1.807) is 42.3 Å². The van der Waals surface area contributed by atoms with Crippen LogP contribution < -0.4 is 20.7 Å². The summed E-state index contributed by atoms with van der Waals surface area (Å²) in [7, 11) is -2.04. The number of nitrogens with zero attached hydrogens (tertiary/aromatic N) is 2. The van der Waals surface area contributed by atoms with Gasteiger partial charge in [0.25, 0.3) is 5.91 Å². The second kappa shape index (κ2) is 10.8. The van der Waals surface area contributed by atoms with E-state index in [4.69, 9.17) is 34.0 Å². The van der Waals surface area contributed by atoms with Gasteiger partial charge < -0.3 is 15.5 Å². The number of benzene rings is 3. The Labute approximate surface area is 220 Å². The second-order valence-electron chi connectivity index (χ2n) is 8.14. The van der Waals surface area contributed by atoms with Gasteiger partial charge in [-0.25, -0.2) is 18.5 Å². The van der Waals surface area contributed by atoms with Crippen molar-refractivity contribution in [3.05, 3.63) is 94.5 Å². The van der Waals surface area contributed by atoms with Crippen molar-refractivity contribution in [3.63, 3.8) is 0 Å². The number of benzodiazepines with no additional fused rings is 1. The molecule has 0 saturated heterocycles. The van der Waals surface area contributed by atoms with Crippen molar-refractivity contribution in [3.8, 4) is 0 Å². The Bertz CT molecular complexity index is 1430. The lowest BCUT2D eigenvalue weighted by atomic mass is 10.0. The molecule has 1 aliphatic rings. The highest BCUT2D eigenvalue weighted by atomic mass is 35.5. The van der Waals surface area contributed by atoms with Gasteiger partial charge in [-0.2, -0.15) is 0 Å². The second-order valence-corrected chi connectivity index (χ2v) is 10.6. The molecule has 4 N–H and O–H groups in total. The van der Waals surface area contributed by atoms with Crippen molar-refractivity contribution in [2.75, 3.05) is 18.5 Å². The normalized spacial score (nSPS) is 15.5. The average Bonchev–Trinajstić information content (AvgIpc) is 2.94. The molecular formula is C25H24ClN5O3S2. The molecule has 3 aromatic rings. The van der Waals surface area contributed by atoms with Crippen LogP contribution in [0.2, 0.25) is 5.02 Å². The number of carbonyl (C=O) groups excluding carboxylic acids is 1. The minimum absolute atomic E-state index is 0.0572. The molecule has 0 bridgehead atoms. The van der Waals surface area contributed by atoms with E-state index in [0.717, 1.165) is 16.7 Å². The van der Waals surface area contributed by atoms with Crippen molar-refractivity contribution in [2.24, 2.45) is 10.1 Å². The zero-order valence-corrected chi connectivity index (χ0v) is 21.7. The summed E-state index contributed by atoms with van der Waals surface area (Å²) in [5, 5.41) is 12.0. The number of sulfonamides is 1. The van der Waals surface area contributed by atoms with E-state index in [9.17, 15) is 13.2 Å². The number of rotatable bonds is 6. The van der Waals surface area contributed by atoms with Crippen LogP contribution >= 0.6 is 23.8 Å². The standard InChI is InChI=1S/C25H24ClN5O3S2/c1-31-21-12-9-18(26)15-20(21)22(17-5-3-2-4-6-17)29-23(24(31)32)30-25(35)28-14-13-16-7-10-19(11-8-16)36(27,33)34/h2-12,15,23H,13-14H2,1H3,(H2,27,33,34)(H2,28,30,35). The van der Waals surface area contributed by atoms with Crippen LogP contribution in [0, 0.1) is 0 Å². The first-order valence-electron chi connectivity index (χ1n) is 11.0. The number of aliphatic imine (C=N–C) groups is 1. The first-order chi connectivity index (χ1) is 17.1. The minimum atomic E-state index is -3.73. The summed E-state index contributed by atoms with van der Waals surface area (Å²) in [6.07, 6.45) is -0.376. The van der Waals surface area contributed by atoms with Crippen LogP contribution in [0.5, 0.6) is 0 Å². The summed E-state index contributed by atoms with van der Waals surface area (Å²) >= 11 is 11.7. The van der Waals surface area contributed by atoms with Gasteiger partial charge in [0.15, 0.2) is 5.11 Å². The average molecular weight is 542 g/mol. The van der Waals surface area contributed by atoms with E-state index < -0.39 is 16.2 Å². The molecule has 1 unspecified atom stereocenters. The summed E-state index contributed by atoms with van der Waals surface area (Å²) in [4.78, 5) is 19.6. The van der Waals surface area contributed by atoms with Crippen LogP contribution in [-0.2, 0) is 21.2 Å². The Hall–Kier alpha value is -3.31. The molecular weight excluding hydrogens is 518 g/mol. The number of fused-ring (bicyclic) bond motifs is 1. The highest BCUT2D eigenvalue weighted by Gasteiger charge is 2.30. The highest BCUT2D eigenvalue weighted by molar-refractivity contribution is 7.89. The summed E-state index contributed by atoms with van der Waals surface area (Å²) in [5.41, 5.74) is 3.81. The monoisotopic (exact) mass is 541 g/mol. The van der Waals surface area contributed by atoms with Gasteiger partial charge in [0.05, 0.1) is 16.3 Å². The van der Waals surface area contributed by atoms with Crippen LogP contribution in [0.3, 0.4) is 0 Å². The van der Waals surface area contributed by atoms with Gasteiger partial charge in [-0.15, -0.1) is 0 Å². The largest absolute Gasteiger partial charge is 0.362 e. The number of amides is 1. The maximum atomic E-state index is 13.3. The molecule has 0 aliphatic carbocycles. The highest BCUT2D eigenvalue weighted by Crippen LogP contribution is 2.29. The third-order valence-electron chi connectivity index (χ3n) is 5.66. The first-order valence-corrected chi connectivity index (χ1v) is 13.3. The zero-order valence-electron chi connectivity index (χ0n) is 19.3. The topological polar surface area (TPSA) is 117 Å². The number of likely N-dealkylation sites (N-methyl/N-ethyl adjacent to an activating group) is 1. The van der Waals surface area contributed by atoms with Gasteiger partial charge >= 0.3 is 0 Å². The van der Waals surface area contributed by atoms with Gasteiger partial charge in [0.1, 0.15) is 0 Å². The fourth-order valence-electron chi connectivity index (χ4n) is 3.81. The number of nitrogens with two attached hydrogens (primary N) is 1. The lowest BCUT2D eigenvalue weighted by molar-refractivity contribution is -0.119. The summed E-state index contributed by atoms with van der Waals surface area (Å²) in [6, 6.07) is 21.2.